The molecule has 12 heavy (non-hydrogen) atoms. The minimum absolute atomic E-state index is 0.308. The van der Waals surface area contributed by atoms with Crippen LogP contribution in [0.2, 0.25) is 0 Å². The third-order valence-electron chi connectivity index (χ3n) is 1.76. The van der Waals surface area contributed by atoms with E-state index in [0.29, 0.717) is 19.1 Å². The van der Waals surface area contributed by atoms with Gasteiger partial charge in [-0.25, -0.2) is 13.1 Å². The Morgan fingerprint density at radius 1 is 1.58 bits per heavy atom. The molecule has 1 aliphatic heterocycles. The van der Waals surface area contributed by atoms with Gasteiger partial charge in [0.15, 0.2) is 0 Å². The third-order valence-corrected chi connectivity index (χ3v) is 3.52. The van der Waals surface area contributed by atoms with Crippen molar-refractivity contribution in [2.75, 3.05) is 25.0 Å². The first-order valence-corrected chi connectivity index (χ1v) is 5.94. The van der Waals surface area contributed by atoms with Crippen LogP contribution in [0.3, 0.4) is 0 Å². The Kier molecular flexibility index (Phi) is 3.77. The molecule has 0 amide bonds. The van der Waals surface area contributed by atoms with Crippen molar-refractivity contribution in [3.8, 4) is 0 Å². The van der Waals surface area contributed by atoms with Crippen LogP contribution in [0.15, 0.2) is 0 Å². The smallest absolute Gasteiger partial charge is 0.225 e. The van der Waals surface area contributed by atoms with Crippen LogP contribution in [0, 0.1) is 5.92 Å². The summed E-state index contributed by atoms with van der Waals surface area (Å²) in [7, 11) is -3.25. The molecule has 1 N–H and O–H groups in total. The van der Waals surface area contributed by atoms with Gasteiger partial charge in [0.1, 0.15) is 5.21 Å². The summed E-state index contributed by atoms with van der Waals surface area (Å²) in [4.78, 5) is 0. The maximum absolute atomic E-state index is 10.9. The Balaban J connectivity index is 2.25. The molecule has 1 saturated heterocycles. The number of nitrogens with one attached hydrogen (secondary N) is 1. The van der Waals surface area contributed by atoms with Crippen LogP contribution < -0.4 is 4.72 Å². The summed E-state index contributed by atoms with van der Waals surface area (Å²) < 4.78 is 29.2. The van der Waals surface area contributed by atoms with Gasteiger partial charge < -0.3 is 4.74 Å². The normalized spacial score (nSPS) is 24.6. The van der Waals surface area contributed by atoms with Gasteiger partial charge in [-0.05, 0) is 12.3 Å². The summed E-state index contributed by atoms with van der Waals surface area (Å²) in [6.45, 7) is 1.81. The summed E-state index contributed by atoms with van der Waals surface area (Å²) in [5.74, 6) is 0.308. The third kappa shape index (κ3) is 3.26. The molecule has 1 unspecified atom stereocenters. The van der Waals surface area contributed by atoms with Crippen molar-refractivity contribution in [3.63, 3.8) is 0 Å². The Morgan fingerprint density at radius 3 is 2.83 bits per heavy atom. The summed E-state index contributed by atoms with van der Waals surface area (Å²) in [6.07, 6.45) is 0.921. The Hall–Kier alpha value is 0.160. The molecular formula is C6H12ClNO3S. The number of halogens is 1. The average Bonchev–Trinajstić information content (AvgIpc) is 2.53. The van der Waals surface area contributed by atoms with E-state index in [-0.39, 0.29) is 5.21 Å². The second kappa shape index (κ2) is 4.41. The number of alkyl halides is 1. The van der Waals surface area contributed by atoms with E-state index in [1.807, 2.05) is 0 Å². The predicted octanol–water partition coefficient (Wildman–Crippen LogP) is 0.139. The van der Waals surface area contributed by atoms with Crippen LogP contribution in [0.1, 0.15) is 6.42 Å². The van der Waals surface area contributed by atoms with Gasteiger partial charge in [-0.3, -0.25) is 0 Å². The lowest BCUT2D eigenvalue weighted by molar-refractivity contribution is 0.186. The molecule has 0 radical (unpaired) electrons. The van der Waals surface area contributed by atoms with Crippen LogP contribution in [0.25, 0.3) is 0 Å². The molecule has 6 heteroatoms. The summed E-state index contributed by atoms with van der Waals surface area (Å²) >= 11 is 5.20. The maximum Gasteiger partial charge on any atom is 0.225 e. The van der Waals surface area contributed by atoms with E-state index in [1.54, 1.807) is 0 Å². The van der Waals surface area contributed by atoms with Crippen molar-refractivity contribution < 1.29 is 13.2 Å². The fourth-order valence-corrected chi connectivity index (χ4v) is 1.83. The van der Waals surface area contributed by atoms with Gasteiger partial charge in [-0.2, -0.15) is 0 Å². The molecule has 0 aromatic rings. The van der Waals surface area contributed by atoms with Gasteiger partial charge in [0.2, 0.25) is 10.0 Å². The molecule has 1 atom stereocenters. The molecule has 72 valence electrons. The fourth-order valence-electron chi connectivity index (χ4n) is 1.03. The predicted molar refractivity (Wildman–Crippen MR) is 46.6 cm³/mol. The maximum atomic E-state index is 10.9. The topological polar surface area (TPSA) is 55.4 Å². The van der Waals surface area contributed by atoms with Gasteiger partial charge in [-0.15, -0.1) is 11.6 Å². The molecule has 1 fully saturated rings. The zero-order chi connectivity index (χ0) is 9.03. The molecule has 1 rings (SSSR count). The van der Waals surface area contributed by atoms with Crippen LogP contribution >= 0.6 is 11.6 Å². The van der Waals surface area contributed by atoms with Crippen molar-refractivity contribution in [2.24, 2.45) is 5.92 Å². The monoisotopic (exact) mass is 213 g/mol. The lowest BCUT2D eigenvalue weighted by atomic mass is 10.1. The van der Waals surface area contributed by atoms with E-state index in [0.717, 1.165) is 13.0 Å². The highest BCUT2D eigenvalue weighted by Crippen LogP contribution is 2.10. The highest BCUT2D eigenvalue weighted by molar-refractivity contribution is 7.90. The Labute approximate surface area is 77.3 Å². The molecular weight excluding hydrogens is 202 g/mol. The first kappa shape index (κ1) is 10.2. The van der Waals surface area contributed by atoms with Crippen molar-refractivity contribution in [3.05, 3.63) is 0 Å². The molecule has 0 aromatic heterocycles. The highest BCUT2D eigenvalue weighted by atomic mass is 35.5. The van der Waals surface area contributed by atoms with E-state index >= 15 is 0 Å². The average molecular weight is 214 g/mol. The highest BCUT2D eigenvalue weighted by Gasteiger charge is 2.17. The second-order valence-corrected chi connectivity index (χ2v) is 5.19. The first-order chi connectivity index (χ1) is 5.64. The molecule has 0 saturated carbocycles. The van der Waals surface area contributed by atoms with E-state index < -0.39 is 10.0 Å². The zero-order valence-corrected chi connectivity index (χ0v) is 8.20. The summed E-state index contributed by atoms with van der Waals surface area (Å²) in [5, 5.41) is -0.374. The SMILES string of the molecule is O=S(=O)(CCl)NCC1CCOC1. The molecule has 1 aliphatic rings. The first-order valence-electron chi connectivity index (χ1n) is 3.75. The molecule has 0 aliphatic carbocycles. The van der Waals surface area contributed by atoms with Crippen molar-refractivity contribution in [1.82, 2.24) is 4.72 Å². The van der Waals surface area contributed by atoms with Crippen molar-refractivity contribution in [1.29, 1.82) is 0 Å². The number of sulfonamides is 1. The number of ether oxygens (including phenoxy) is 1. The van der Waals surface area contributed by atoms with Crippen LogP contribution in [-0.2, 0) is 14.8 Å². The molecule has 0 aromatic carbocycles. The standard InChI is InChI=1S/C6H12ClNO3S/c7-5-12(9,10)8-3-6-1-2-11-4-6/h6,8H,1-5H2. The van der Waals surface area contributed by atoms with Gasteiger partial charge in [-0.1, -0.05) is 0 Å². The van der Waals surface area contributed by atoms with Crippen molar-refractivity contribution in [2.45, 2.75) is 6.42 Å². The summed E-state index contributed by atoms with van der Waals surface area (Å²) in [5.41, 5.74) is 0. The molecule has 1 heterocycles. The minimum atomic E-state index is -3.25. The van der Waals surface area contributed by atoms with Crippen LogP contribution in [0.5, 0.6) is 0 Å². The molecule has 0 bridgehead atoms. The minimum Gasteiger partial charge on any atom is -0.381 e. The lowest BCUT2D eigenvalue weighted by Crippen LogP contribution is -2.30. The van der Waals surface area contributed by atoms with Gasteiger partial charge >= 0.3 is 0 Å². The number of hydrogen-bond acceptors (Lipinski definition) is 3. The Morgan fingerprint density at radius 2 is 2.33 bits per heavy atom. The van der Waals surface area contributed by atoms with Crippen LogP contribution in [-0.4, -0.2) is 33.4 Å². The van der Waals surface area contributed by atoms with E-state index in [1.165, 1.54) is 0 Å². The van der Waals surface area contributed by atoms with E-state index in [9.17, 15) is 8.42 Å². The number of hydrogen-bond donors (Lipinski definition) is 1. The number of rotatable bonds is 4. The van der Waals surface area contributed by atoms with Gasteiger partial charge in [0.05, 0.1) is 6.61 Å². The zero-order valence-electron chi connectivity index (χ0n) is 6.62. The fraction of sp³-hybridized carbons (Fsp3) is 1.00. The van der Waals surface area contributed by atoms with Gasteiger partial charge in [0.25, 0.3) is 0 Å². The van der Waals surface area contributed by atoms with Gasteiger partial charge in [0, 0.05) is 13.2 Å². The lowest BCUT2D eigenvalue weighted by Gasteiger charge is -2.07. The van der Waals surface area contributed by atoms with E-state index in [4.69, 9.17) is 16.3 Å². The molecule has 0 spiro atoms. The quantitative estimate of drug-likeness (QED) is 0.676. The second-order valence-electron chi connectivity index (χ2n) is 2.80. The largest absolute Gasteiger partial charge is 0.381 e. The van der Waals surface area contributed by atoms with Crippen molar-refractivity contribution >= 4 is 21.6 Å². The Bertz CT molecular complexity index is 223. The molecule has 4 nitrogen and oxygen atoms in total. The van der Waals surface area contributed by atoms with E-state index in [2.05, 4.69) is 4.72 Å². The van der Waals surface area contributed by atoms with Crippen LogP contribution in [0.4, 0.5) is 0 Å². The summed E-state index contributed by atoms with van der Waals surface area (Å²) in [6, 6.07) is 0.